The van der Waals surface area contributed by atoms with Gasteiger partial charge in [0.25, 0.3) is 5.56 Å². The molecule has 3 rings (SSSR count). The van der Waals surface area contributed by atoms with Crippen LogP contribution < -0.4 is 5.56 Å². The van der Waals surface area contributed by atoms with Crippen LogP contribution >= 0.6 is 0 Å². The van der Waals surface area contributed by atoms with Crippen molar-refractivity contribution in [2.75, 3.05) is 20.3 Å². The number of aliphatic hydroxyl groups excluding tert-OH is 1. The van der Waals surface area contributed by atoms with Crippen LogP contribution in [0.3, 0.4) is 0 Å². The van der Waals surface area contributed by atoms with Crippen molar-refractivity contribution in [3.8, 4) is 0 Å². The van der Waals surface area contributed by atoms with Gasteiger partial charge in [-0.2, -0.15) is 0 Å². The summed E-state index contributed by atoms with van der Waals surface area (Å²) in [7, 11) is 1.17. The summed E-state index contributed by atoms with van der Waals surface area (Å²) in [6, 6.07) is -0.694. The van der Waals surface area contributed by atoms with E-state index in [2.05, 4.69) is 9.72 Å². The van der Waals surface area contributed by atoms with Crippen molar-refractivity contribution < 1.29 is 28.8 Å². The second-order valence-electron chi connectivity index (χ2n) is 5.41. The summed E-state index contributed by atoms with van der Waals surface area (Å²) in [4.78, 5) is 27.7. The molecule has 126 valence electrons. The van der Waals surface area contributed by atoms with Crippen molar-refractivity contribution in [3.05, 3.63) is 28.4 Å². The van der Waals surface area contributed by atoms with Crippen LogP contribution in [0.5, 0.6) is 0 Å². The number of fused-ring (bicyclic) bond motifs is 1. The summed E-state index contributed by atoms with van der Waals surface area (Å²) in [5.41, 5.74) is -0.990. The molecule has 0 amide bonds. The topological polar surface area (TPSA) is 109 Å². The number of rotatable bonds is 2. The Bertz CT molecular complexity index is 646. The molecule has 0 bridgehead atoms. The smallest absolute Gasteiger partial charge is 0.362 e. The summed E-state index contributed by atoms with van der Waals surface area (Å²) in [5.74, 6) is -0.829. The van der Waals surface area contributed by atoms with Gasteiger partial charge in [-0.1, -0.05) is 0 Å². The number of hydrogen-bond donors (Lipinski definition) is 1. The zero-order chi connectivity index (χ0) is 16.6. The number of ether oxygens (including phenoxy) is 4. The molecule has 2 saturated heterocycles. The third kappa shape index (κ3) is 2.88. The molecular formula is C14H18N2O7. The third-order valence-corrected chi connectivity index (χ3v) is 4.03. The molecule has 2 aliphatic rings. The van der Waals surface area contributed by atoms with Crippen molar-refractivity contribution >= 4 is 5.97 Å². The number of carbonyl (C=O) groups excluding carboxylic acids is 1. The Hall–Kier alpha value is -1.81. The Morgan fingerprint density at radius 1 is 1.43 bits per heavy atom. The molecule has 2 fully saturated rings. The van der Waals surface area contributed by atoms with Gasteiger partial charge in [-0.15, -0.1) is 0 Å². The standard InChI is InChI=1S/C14H18N2O7/c1-7-21-6-9-12(23-7)11(17)8(5-22-9)16-4-3-15-10(13(16)18)14(19)20-2/h3-4,7-9,11-12,17H,5-6H2,1-2H3/t7?,8-,9+,11+,12+/m1/s1. The maximum Gasteiger partial charge on any atom is 0.362 e. The Labute approximate surface area is 131 Å². The molecule has 0 aliphatic carbocycles. The minimum atomic E-state index is -0.981. The molecule has 9 heteroatoms. The maximum atomic E-state index is 12.4. The van der Waals surface area contributed by atoms with E-state index in [1.54, 1.807) is 6.92 Å². The average Bonchev–Trinajstić information content (AvgIpc) is 2.56. The molecule has 0 aromatic carbocycles. The molecular weight excluding hydrogens is 308 g/mol. The van der Waals surface area contributed by atoms with Crippen LogP contribution in [0.1, 0.15) is 23.5 Å². The Balaban J connectivity index is 1.90. The first kappa shape index (κ1) is 16.1. The molecule has 0 saturated carbocycles. The zero-order valence-electron chi connectivity index (χ0n) is 12.7. The van der Waals surface area contributed by atoms with Crippen LogP contribution in [0.2, 0.25) is 0 Å². The lowest BCUT2D eigenvalue weighted by molar-refractivity contribution is -0.297. The van der Waals surface area contributed by atoms with E-state index < -0.39 is 42.2 Å². The van der Waals surface area contributed by atoms with Gasteiger partial charge in [0.05, 0.1) is 26.4 Å². The minimum absolute atomic E-state index is 0.0912. The van der Waals surface area contributed by atoms with Crippen LogP contribution in [0, 0.1) is 0 Å². The van der Waals surface area contributed by atoms with Crippen LogP contribution in [-0.4, -0.2) is 65.6 Å². The van der Waals surface area contributed by atoms with Crippen molar-refractivity contribution in [2.24, 2.45) is 0 Å². The van der Waals surface area contributed by atoms with Crippen LogP contribution in [0.4, 0.5) is 0 Å². The lowest BCUT2D eigenvalue weighted by Gasteiger charge is -2.44. The van der Waals surface area contributed by atoms with Crippen molar-refractivity contribution in [2.45, 2.75) is 37.6 Å². The van der Waals surface area contributed by atoms with E-state index in [1.807, 2.05) is 0 Å². The number of nitrogens with zero attached hydrogens (tertiary/aromatic N) is 2. The molecule has 5 atom stereocenters. The number of esters is 1. The highest BCUT2D eigenvalue weighted by Gasteiger charge is 2.45. The summed E-state index contributed by atoms with van der Waals surface area (Å²) >= 11 is 0. The molecule has 1 aromatic heterocycles. The fourth-order valence-corrected chi connectivity index (χ4v) is 2.82. The lowest BCUT2D eigenvalue weighted by atomic mass is 9.97. The Morgan fingerprint density at radius 2 is 2.22 bits per heavy atom. The summed E-state index contributed by atoms with van der Waals surface area (Å²) in [5, 5.41) is 10.6. The van der Waals surface area contributed by atoms with Crippen molar-refractivity contribution in [3.63, 3.8) is 0 Å². The van der Waals surface area contributed by atoms with E-state index >= 15 is 0 Å². The zero-order valence-corrected chi connectivity index (χ0v) is 12.7. The number of aromatic nitrogens is 2. The Morgan fingerprint density at radius 3 is 2.96 bits per heavy atom. The van der Waals surface area contributed by atoms with Crippen LogP contribution in [-0.2, 0) is 18.9 Å². The third-order valence-electron chi connectivity index (χ3n) is 4.03. The predicted molar refractivity (Wildman–Crippen MR) is 74.9 cm³/mol. The second-order valence-corrected chi connectivity index (χ2v) is 5.41. The van der Waals surface area contributed by atoms with E-state index in [0.29, 0.717) is 6.61 Å². The van der Waals surface area contributed by atoms with Gasteiger partial charge < -0.3 is 28.6 Å². The molecule has 23 heavy (non-hydrogen) atoms. The number of carbonyl (C=O) groups is 1. The highest BCUT2D eigenvalue weighted by atomic mass is 16.7. The fourth-order valence-electron chi connectivity index (χ4n) is 2.82. The largest absolute Gasteiger partial charge is 0.464 e. The maximum absolute atomic E-state index is 12.4. The van der Waals surface area contributed by atoms with Gasteiger partial charge >= 0.3 is 5.97 Å². The first-order chi connectivity index (χ1) is 11.0. The molecule has 3 heterocycles. The molecule has 1 unspecified atom stereocenters. The molecule has 0 radical (unpaired) electrons. The highest BCUT2D eigenvalue weighted by molar-refractivity contribution is 5.86. The molecule has 1 N–H and O–H groups in total. The van der Waals surface area contributed by atoms with Gasteiger partial charge in [0.15, 0.2) is 6.29 Å². The quantitative estimate of drug-likeness (QED) is 0.696. The molecule has 0 spiro atoms. The number of methoxy groups -OCH3 is 1. The monoisotopic (exact) mass is 326 g/mol. The van der Waals surface area contributed by atoms with E-state index in [9.17, 15) is 14.7 Å². The van der Waals surface area contributed by atoms with Gasteiger partial charge in [0.2, 0.25) is 5.69 Å². The number of hydrogen-bond acceptors (Lipinski definition) is 8. The predicted octanol–water partition coefficient (Wildman–Crippen LogP) is -0.908. The van der Waals surface area contributed by atoms with Crippen molar-refractivity contribution in [1.82, 2.24) is 9.55 Å². The fraction of sp³-hybridized carbons (Fsp3) is 0.643. The normalized spacial score (nSPS) is 33.8. The van der Waals surface area contributed by atoms with Gasteiger partial charge in [-0.3, -0.25) is 4.79 Å². The van der Waals surface area contributed by atoms with Gasteiger partial charge in [-0.25, -0.2) is 9.78 Å². The lowest BCUT2D eigenvalue weighted by Crippen LogP contribution is -2.58. The van der Waals surface area contributed by atoms with E-state index in [0.717, 1.165) is 0 Å². The summed E-state index contributed by atoms with van der Waals surface area (Å²) in [6.45, 7) is 2.13. The summed E-state index contributed by atoms with van der Waals surface area (Å²) < 4.78 is 22.3. The van der Waals surface area contributed by atoms with Gasteiger partial charge in [-0.05, 0) is 6.92 Å². The Kier molecular flexibility index (Phi) is 4.44. The van der Waals surface area contributed by atoms with E-state index in [1.165, 1.54) is 24.1 Å². The SMILES string of the molecule is COC(=O)c1nccn([C@@H]2CO[C@H]3COC(C)O[C@@H]3[C@H]2O)c1=O. The molecule has 1 aromatic rings. The molecule has 9 nitrogen and oxygen atoms in total. The number of aliphatic hydroxyl groups is 1. The van der Waals surface area contributed by atoms with E-state index in [4.69, 9.17) is 14.2 Å². The second kappa shape index (κ2) is 6.36. The minimum Gasteiger partial charge on any atom is -0.464 e. The average molecular weight is 326 g/mol. The van der Waals surface area contributed by atoms with Crippen LogP contribution in [0.25, 0.3) is 0 Å². The first-order valence-corrected chi connectivity index (χ1v) is 7.25. The molecule has 2 aliphatic heterocycles. The van der Waals surface area contributed by atoms with Crippen molar-refractivity contribution in [1.29, 1.82) is 0 Å². The first-order valence-electron chi connectivity index (χ1n) is 7.25. The van der Waals surface area contributed by atoms with Crippen LogP contribution in [0.15, 0.2) is 17.2 Å². The summed E-state index contributed by atoms with van der Waals surface area (Å²) in [6.07, 6.45) is 0.252. The van der Waals surface area contributed by atoms with Gasteiger partial charge in [0, 0.05) is 12.4 Å². The van der Waals surface area contributed by atoms with Gasteiger partial charge in [0.1, 0.15) is 18.3 Å². The van der Waals surface area contributed by atoms with E-state index in [-0.39, 0.29) is 12.3 Å². The highest BCUT2D eigenvalue weighted by Crippen LogP contribution is 2.29.